The minimum Gasteiger partial charge on any atom is -0.302 e. The third kappa shape index (κ3) is 2.79. The van der Waals surface area contributed by atoms with Crippen molar-refractivity contribution in [3.05, 3.63) is 53.3 Å². The van der Waals surface area contributed by atoms with Crippen molar-refractivity contribution in [2.45, 2.75) is 32.9 Å². The lowest BCUT2D eigenvalue weighted by atomic mass is 10.0. The second-order valence-electron chi connectivity index (χ2n) is 4.90. The van der Waals surface area contributed by atoms with Crippen LogP contribution < -0.4 is 5.32 Å². The first-order chi connectivity index (χ1) is 8.58. The molecule has 0 aliphatic rings. The van der Waals surface area contributed by atoms with E-state index in [2.05, 4.69) is 61.5 Å². The number of hydrogen-bond acceptors (Lipinski definition) is 2. The van der Waals surface area contributed by atoms with E-state index in [0.29, 0.717) is 6.04 Å². The highest BCUT2D eigenvalue weighted by Gasteiger charge is 2.13. The van der Waals surface area contributed by atoms with Crippen molar-refractivity contribution in [3.8, 4) is 0 Å². The first-order valence-electron chi connectivity index (χ1n) is 6.38. The molecule has 0 bridgehead atoms. The molecule has 96 valence electrons. The van der Waals surface area contributed by atoms with E-state index in [9.17, 15) is 0 Å². The molecular formula is C15H21N3. The molecule has 1 aromatic heterocycles. The maximum Gasteiger partial charge on any atom is 0.0547 e. The smallest absolute Gasteiger partial charge is 0.0547 e. The van der Waals surface area contributed by atoms with E-state index in [1.54, 1.807) is 0 Å². The van der Waals surface area contributed by atoms with Crippen molar-refractivity contribution in [2.24, 2.45) is 7.05 Å². The van der Waals surface area contributed by atoms with E-state index >= 15 is 0 Å². The number of aryl methyl sites for hydroxylation is 2. The molecule has 2 atom stereocenters. The highest BCUT2D eigenvalue weighted by atomic mass is 15.3. The lowest BCUT2D eigenvalue weighted by Gasteiger charge is -2.21. The summed E-state index contributed by atoms with van der Waals surface area (Å²) in [4.78, 5) is 0. The first kappa shape index (κ1) is 12.8. The van der Waals surface area contributed by atoms with Gasteiger partial charge in [0.2, 0.25) is 0 Å². The van der Waals surface area contributed by atoms with Crippen LogP contribution in [0.25, 0.3) is 0 Å². The first-order valence-corrected chi connectivity index (χ1v) is 6.38. The van der Waals surface area contributed by atoms with E-state index in [4.69, 9.17) is 0 Å². The topological polar surface area (TPSA) is 29.9 Å². The molecule has 2 aromatic rings. The van der Waals surface area contributed by atoms with Gasteiger partial charge in [0.15, 0.2) is 0 Å². The fourth-order valence-corrected chi connectivity index (χ4v) is 2.30. The minimum absolute atomic E-state index is 0.285. The van der Waals surface area contributed by atoms with Gasteiger partial charge in [-0.25, -0.2) is 0 Å². The van der Waals surface area contributed by atoms with Gasteiger partial charge >= 0.3 is 0 Å². The van der Waals surface area contributed by atoms with Crippen molar-refractivity contribution in [3.63, 3.8) is 0 Å². The van der Waals surface area contributed by atoms with Crippen LogP contribution in [0.2, 0.25) is 0 Å². The van der Waals surface area contributed by atoms with Crippen molar-refractivity contribution in [2.75, 3.05) is 0 Å². The number of nitrogens with zero attached hydrogens (tertiary/aromatic N) is 2. The van der Waals surface area contributed by atoms with Crippen molar-refractivity contribution in [1.82, 2.24) is 15.1 Å². The molecule has 0 spiro atoms. The predicted molar refractivity (Wildman–Crippen MR) is 74.4 cm³/mol. The van der Waals surface area contributed by atoms with Gasteiger partial charge in [0.05, 0.1) is 5.69 Å². The highest BCUT2D eigenvalue weighted by Crippen LogP contribution is 2.19. The lowest BCUT2D eigenvalue weighted by molar-refractivity contribution is 0.469. The molecule has 18 heavy (non-hydrogen) atoms. The number of nitrogens with one attached hydrogen (secondary N) is 1. The molecule has 1 heterocycles. The maximum atomic E-state index is 4.21. The van der Waals surface area contributed by atoms with E-state index in [1.165, 1.54) is 16.8 Å². The molecule has 0 amide bonds. The quantitative estimate of drug-likeness (QED) is 0.894. The Hall–Kier alpha value is -1.61. The molecule has 1 unspecified atom stereocenters. The molecule has 0 saturated heterocycles. The van der Waals surface area contributed by atoms with E-state index in [1.807, 2.05) is 17.9 Å². The van der Waals surface area contributed by atoms with Gasteiger partial charge in [0.1, 0.15) is 0 Å². The van der Waals surface area contributed by atoms with Gasteiger partial charge in [-0.1, -0.05) is 29.8 Å². The largest absolute Gasteiger partial charge is 0.302 e. The number of aromatic nitrogens is 2. The van der Waals surface area contributed by atoms with E-state index in [0.717, 1.165) is 0 Å². The second kappa shape index (κ2) is 5.36. The summed E-state index contributed by atoms with van der Waals surface area (Å²) in [5, 5.41) is 7.81. The summed E-state index contributed by atoms with van der Waals surface area (Å²) in [6, 6.07) is 11.3. The third-order valence-electron chi connectivity index (χ3n) is 3.34. The fourth-order valence-electron chi connectivity index (χ4n) is 2.30. The molecule has 0 aliphatic carbocycles. The Morgan fingerprint density at radius 2 is 1.94 bits per heavy atom. The molecule has 1 aromatic carbocycles. The molecule has 2 rings (SSSR count). The summed E-state index contributed by atoms with van der Waals surface area (Å²) in [7, 11) is 1.98. The Bertz CT molecular complexity index is 516. The van der Waals surface area contributed by atoms with Crippen LogP contribution in [-0.4, -0.2) is 9.78 Å². The third-order valence-corrected chi connectivity index (χ3v) is 3.34. The zero-order valence-corrected chi connectivity index (χ0v) is 11.5. The van der Waals surface area contributed by atoms with Gasteiger partial charge in [-0.15, -0.1) is 0 Å². The van der Waals surface area contributed by atoms with Gasteiger partial charge in [0.25, 0.3) is 0 Å². The Labute approximate surface area is 109 Å². The van der Waals surface area contributed by atoms with Crippen LogP contribution in [0.15, 0.2) is 36.5 Å². The maximum absolute atomic E-state index is 4.21. The lowest BCUT2D eigenvalue weighted by Crippen LogP contribution is -2.24. The van der Waals surface area contributed by atoms with Crippen LogP contribution in [0, 0.1) is 6.92 Å². The van der Waals surface area contributed by atoms with Crippen LogP contribution >= 0.6 is 0 Å². The van der Waals surface area contributed by atoms with Gasteiger partial charge in [-0.05, 0) is 32.4 Å². The SMILES string of the molecule is Cc1cccc([C@H](C)NC(C)c2ccnn2C)c1. The summed E-state index contributed by atoms with van der Waals surface area (Å²) in [6.07, 6.45) is 1.84. The van der Waals surface area contributed by atoms with E-state index in [-0.39, 0.29) is 6.04 Å². The number of benzene rings is 1. The Balaban J connectivity index is 2.08. The number of hydrogen-bond donors (Lipinski definition) is 1. The molecule has 0 fully saturated rings. The molecule has 3 heteroatoms. The zero-order valence-electron chi connectivity index (χ0n) is 11.5. The molecule has 0 aliphatic heterocycles. The Morgan fingerprint density at radius 1 is 1.17 bits per heavy atom. The van der Waals surface area contributed by atoms with Gasteiger partial charge in [-0.3, -0.25) is 4.68 Å². The summed E-state index contributed by atoms with van der Waals surface area (Å²) < 4.78 is 1.92. The summed E-state index contributed by atoms with van der Waals surface area (Å²) in [6.45, 7) is 6.49. The number of rotatable bonds is 4. The fraction of sp³-hybridized carbons (Fsp3) is 0.400. The second-order valence-corrected chi connectivity index (χ2v) is 4.90. The summed E-state index contributed by atoms with van der Waals surface area (Å²) in [5.41, 5.74) is 3.83. The normalized spacial score (nSPS) is 14.4. The predicted octanol–water partition coefficient (Wildman–Crippen LogP) is 3.14. The van der Waals surface area contributed by atoms with Gasteiger partial charge in [0, 0.05) is 25.3 Å². The van der Waals surface area contributed by atoms with Crippen molar-refractivity contribution in [1.29, 1.82) is 0 Å². The molecule has 3 nitrogen and oxygen atoms in total. The van der Waals surface area contributed by atoms with Crippen LogP contribution in [0.1, 0.15) is 42.8 Å². The average molecular weight is 243 g/mol. The van der Waals surface area contributed by atoms with Crippen LogP contribution in [0.5, 0.6) is 0 Å². The van der Waals surface area contributed by atoms with Crippen LogP contribution in [0.3, 0.4) is 0 Å². The van der Waals surface area contributed by atoms with Gasteiger partial charge < -0.3 is 5.32 Å². The van der Waals surface area contributed by atoms with Gasteiger partial charge in [-0.2, -0.15) is 5.10 Å². The standard InChI is InChI=1S/C15H21N3/c1-11-6-5-7-14(10-11)12(2)17-13(3)15-8-9-16-18(15)4/h5-10,12-13,17H,1-4H3/t12-,13?/m0/s1. The summed E-state index contributed by atoms with van der Waals surface area (Å²) in [5.74, 6) is 0. The molecule has 1 N–H and O–H groups in total. The van der Waals surface area contributed by atoms with Crippen LogP contribution in [0.4, 0.5) is 0 Å². The average Bonchev–Trinajstić information content (AvgIpc) is 2.75. The monoisotopic (exact) mass is 243 g/mol. The zero-order chi connectivity index (χ0) is 13.1. The van der Waals surface area contributed by atoms with Crippen LogP contribution in [-0.2, 0) is 7.05 Å². The Morgan fingerprint density at radius 3 is 2.56 bits per heavy atom. The molecular weight excluding hydrogens is 222 g/mol. The summed E-state index contributed by atoms with van der Waals surface area (Å²) >= 11 is 0. The Kier molecular flexibility index (Phi) is 3.82. The van der Waals surface area contributed by atoms with Crippen molar-refractivity contribution >= 4 is 0 Å². The molecule has 0 saturated carbocycles. The molecule has 0 radical (unpaired) electrons. The van der Waals surface area contributed by atoms with Crippen molar-refractivity contribution < 1.29 is 0 Å². The highest BCUT2D eigenvalue weighted by molar-refractivity contribution is 5.25. The van der Waals surface area contributed by atoms with E-state index < -0.39 is 0 Å². The minimum atomic E-state index is 0.285.